The van der Waals surface area contributed by atoms with E-state index in [9.17, 15) is 0 Å². The third-order valence-corrected chi connectivity index (χ3v) is 6.18. The first-order chi connectivity index (χ1) is 16.2. The van der Waals surface area contributed by atoms with Crippen LogP contribution in [-0.2, 0) is 29.3 Å². The molecule has 0 saturated carbocycles. The smallest absolute Gasteiger partial charge is 0.109 e. The van der Waals surface area contributed by atoms with E-state index in [1.165, 1.54) is 27.7 Å². The summed E-state index contributed by atoms with van der Waals surface area (Å²) < 4.78 is 1.05. The summed E-state index contributed by atoms with van der Waals surface area (Å²) in [5.41, 5.74) is 9.85. The number of rotatable bonds is 11. The number of aromatic amines is 1. The summed E-state index contributed by atoms with van der Waals surface area (Å²) >= 11 is 3.42. The number of H-pyrrole nitrogens is 1. The number of aromatic nitrogens is 1. The van der Waals surface area contributed by atoms with Crippen LogP contribution in [0.1, 0.15) is 40.8 Å². The molecule has 5 heteroatoms. The maximum absolute atomic E-state index is 5.73. The Balaban J connectivity index is 1.28. The fourth-order valence-corrected chi connectivity index (χ4v) is 4.20. The Morgan fingerprint density at radius 3 is 2.58 bits per heavy atom. The molecular formula is C28H27BrN2O2. The molecule has 0 aliphatic heterocycles. The van der Waals surface area contributed by atoms with Gasteiger partial charge in [-0.05, 0) is 60.2 Å². The molecular weight excluding hydrogens is 476 g/mol. The Hall–Kier alpha value is -2.88. The van der Waals surface area contributed by atoms with Crippen LogP contribution in [0.2, 0.25) is 0 Å². The number of benzene rings is 3. The number of hydroxylamine groups is 1. The highest BCUT2D eigenvalue weighted by molar-refractivity contribution is 9.10. The molecule has 0 spiro atoms. The second-order valence-corrected chi connectivity index (χ2v) is 8.85. The van der Waals surface area contributed by atoms with Crippen LogP contribution in [-0.4, -0.2) is 11.5 Å². The van der Waals surface area contributed by atoms with Gasteiger partial charge in [0.1, 0.15) is 6.61 Å². The normalized spacial score (nSPS) is 11.0. The van der Waals surface area contributed by atoms with Crippen molar-refractivity contribution in [1.29, 1.82) is 0 Å². The fraction of sp³-hybridized carbons (Fsp3) is 0.214. The molecule has 1 aromatic heterocycles. The third-order valence-electron chi connectivity index (χ3n) is 5.65. The standard InChI is InChI=1S/C28H27BrN2O2/c1-2-22-9-3-4-10-23(22)19-26-25-11-5-6-12-27(25)31-28(26)13-7-8-18-30-33-32-20-21-14-16-24(29)17-15-21/h1,3-6,9-12,14-17,30-31H,7-8,13,18-20H2. The average Bonchev–Trinajstić information content (AvgIpc) is 3.19. The number of halogens is 1. The van der Waals surface area contributed by atoms with Crippen molar-refractivity contribution in [3.05, 3.63) is 105 Å². The largest absolute Gasteiger partial charge is 0.358 e. The molecule has 4 aromatic rings. The van der Waals surface area contributed by atoms with Gasteiger partial charge in [-0.15, -0.1) is 11.4 Å². The summed E-state index contributed by atoms with van der Waals surface area (Å²) in [4.78, 5) is 14.0. The minimum Gasteiger partial charge on any atom is -0.358 e. The predicted molar refractivity (Wildman–Crippen MR) is 136 cm³/mol. The van der Waals surface area contributed by atoms with E-state index in [1.807, 2.05) is 36.4 Å². The lowest BCUT2D eigenvalue weighted by Crippen LogP contribution is -2.16. The number of nitrogens with one attached hydrogen (secondary N) is 2. The molecule has 0 radical (unpaired) electrons. The highest BCUT2D eigenvalue weighted by Crippen LogP contribution is 2.27. The van der Waals surface area contributed by atoms with Gasteiger partial charge in [0.15, 0.2) is 0 Å². The van der Waals surface area contributed by atoms with Crippen molar-refractivity contribution in [2.24, 2.45) is 0 Å². The van der Waals surface area contributed by atoms with Crippen LogP contribution >= 0.6 is 15.9 Å². The molecule has 0 bridgehead atoms. The van der Waals surface area contributed by atoms with Gasteiger partial charge in [-0.1, -0.05) is 70.4 Å². The first-order valence-corrected chi connectivity index (χ1v) is 11.9. The summed E-state index contributed by atoms with van der Waals surface area (Å²) in [6.45, 7) is 1.12. The van der Waals surface area contributed by atoms with E-state index < -0.39 is 0 Å². The molecule has 4 rings (SSSR count). The SMILES string of the molecule is C#Cc1ccccc1Cc1c(CCCCNOOCc2ccc(Br)cc2)[nH]c2ccccc12. The zero-order valence-electron chi connectivity index (χ0n) is 18.4. The molecule has 0 unspecified atom stereocenters. The number of hydrogen-bond donors (Lipinski definition) is 2. The summed E-state index contributed by atoms with van der Waals surface area (Å²) in [7, 11) is 0. The highest BCUT2D eigenvalue weighted by atomic mass is 79.9. The molecule has 1 heterocycles. The number of terminal acetylenes is 1. The van der Waals surface area contributed by atoms with Crippen LogP contribution in [0, 0.1) is 12.3 Å². The zero-order valence-corrected chi connectivity index (χ0v) is 20.0. The van der Waals surface area contributed by atoms with Crippen molar-refractivity contribution in [3.63, 3.8) is 0 Å². The number of fused-ring (bicyclic) bond motifs is 1. The summed E-state index contributed by atoms with van der Waals surface area (Å²) in [6, 6.07) is 24.6. The van der Waals surface area contributed by atoms with E-state index in [0.717, 1.165) is 47.8 Å². The van der Waals surface area contributed by atoms with Crippen molar-refractivity contribution in [3.8, 4) is 12.3 Å². The van der Waals surface area contributed by atoms with Crippen LogP contribution in [0.15, 0.2) is 77.3 Å². The second-order valence-electron chi connectivity index (χ2n) is 7.93. The third kappa shape index (κ3) is 6.34. The van der Waals surface area contributed by atoms with Crippen LogP contribution < -0.4 is 5.48 Å². The molecule has 0 fully saturated rings. The van der Waals surface area contributed by atoms with E-state index in [-0.39, 0.29) is 0 Å². The molecule has 0 saturated heterocycles. The first kappa shape index (κ1) is 23.3. The highest BCUT2D eigenvalue weighted by Gasteiger charge is 2.13. The maximum Gasteiger partial charge on any atom is 0.109 e. The van der Waals surface area contributed by atoms with Gasteiger partial charge in [0.2, 0.25) is 0 Å². The summed E-state index contributed by atoms with van der Waals surface area (Å²) in [5.74, 6) is 2.82. The van der Waals surface area contributed by atoms with Crippen LogP contribution in [0.3, 0.4) is 0 Å². The monoisotopic (exact) mass is 502 g/mol. The van der Waals surface area contributed by atoms with Crippen molar-refractivity contribution in [2.45, 2.75) is 32.3 Å². The van der Waals surface area contributed by atoms with E-state index >= 15 is 0 Å². The molecule has 0 aliphatic rings. The number of para-hydroxylation sites is 1. The van der Waals surface area contributed by atoms with Gasteiger partial charge in [-0.3, -0.25) is 0 Å². The number of unbranched alkanes of at least 4 members (excludes halogenated alkanes) is 1. The van der Waals surface area contributed by atoms with Gasteiger partial charge in [0.05, 0.1) is 0 Å². The minimum atomic E-state index is 0.401. The van der Waals surface area contributed by atoms with E-state index in [0.29, 0.717) is 6.61 Å². The summed E-state index contributed by atoms with van der Waals surface area (Å²) in [6.07, 6.45) is 9.51. The molecule has 0 atom stereocenters. The Morgan fingerprint density at radius 2 is 1.73 bits per heavy atom. The van der Waals surface area contributed by atoms with Gasteiger partial charge in [-0.25, -0.2) is 4.89 Å². The molecule has 0 aliphatic carbocycles. The average molecular weight is 503 g/mol. The van der Waals surface area contributed by atoms with Gasteiger partial charge in [0.25, 0.3) is 0 Å². The lowest BCUT2D eigenvalue weighted by atomic mass is 9.96. The van der Waals surface area contributed by atoms with Crippen LogP contribution in [0.25, 0.3) is 10.9 Å². The zero-order chi connectivity index (χ0) is 22.9. The van der Waals surface area contributed by atoms with Gasteiger partial charge >= 0.3 is 0 Å². The quantitative estimate of drug-likeness (QED) is 0.107. The van der Waals surface area contributed by atoms with Crippen LogP contribution in [0.5, 0.6) is 0 Å². The Labute approximate surface area is 203 Å². The second kappa shape index (κ2) is 11.8. The van der Waals surface area contributed by atoms with Crippen molar-refractivity contribution in [2.75, 3.05) is 6.54 Å². The minimum absolute atomic E-state index is 0.401. The predicted octanol–water partition coefficient (Wildman–Crippen LogP) is 6.48. The van der Waals surface area contributed by atoms with Gasteiger partial charge < -0.3 is 4.98 Å². The van der Waals surface area contributed by atoms with Crippen molar-refractivity contribution < 1.29 is 9.88 Å². The maximum atomic E-state index is 5.73. The molecule has 0 amide bonds. The van der Waals surface area contributed by atoms with Crippen molar-refractivity contribution >= 4 is 26.8 Å². The Morgan fingerprint density at radius 1 is 0.939 bits per heavy atom. The number of aryl methyl sites for hydroxylation is 1. The van der Waals surface area contributed by atoms with Crippen molar-refractivity contribution in [1.82, 2.24) is 10.5 Å². The van der Waals surface area contributed by atoms with E-state index in [2.05, 4.69) is 68.7 Å². The molecule has 2 N–H and O–H groups in total. The molecule has 4 nitrogen and oxygen atoms in total. The summed E-state index contributed by atoms with van der Waals surface area (Å²) in [5, 5.41) is 1.27. The van der Waals surface area contributed by atoms with Gasteiger partial charge in [0, 0.05) is 39.6 Å². The molecule has 33 heavy (non-hydrogen) atoms. The van der Waals surface area contributed by atoms with E-state index in [4.69, 9.17) is 16.3 Å². The topological polar surface area (TPSA) is 46.3 Å². The lowest BCUT2D eigenvalue weighted by Gasteiger charge is -2.08. The van der Waals surface area contributed by atoms with E-state index in [1.54, 1.807) is 0 Å². The molecule has 168 valence electrons. The van der Waals surface area contributed by atoms with Crippen LogP contribution in [0.4, 0.5) is 0 Å². The Bertz CT molecular complexity index is 1220. The molecule has 3 aromatic carbocycles. The lowest BCUT2D eigenvalue weighted by molar-refractivity contribution is -0.344. The Kier molecular flexibility index (Phi) is 8.35. The van der Waals surface area contributed by atoms with Gasteiger partial charge in [-0.2, -0.15) is 5.48 Å². The number of hydrogen-bond acceptors (Lipinski definition) is 3. The first-order valence-electron chi connectivity index (χ1n) is 11.1. The fourth-order valence-electron chi connectivity index (χ4n) is 3.94.